The number of nitrogens with zero attached hydrogens (tertiary/aromatic N) is 1. The first kappa shape index (κ1) is 9.48. The van der Waals surface area contributed by atoms with Crippen LogP contribution in [0.5, 0.6) is 5.75 Å². The molecule has 0 amide bonds. The maximum atomic E-state index is 8.93. The lowest BCUT2D eigenvalue weighted by Crippen LogP contribution is -1.98. The van der Waals surface area contributed by atoms with Gasteiger partial charge in [-0.2, -0.15) is 0 Å². The van der Waals surface area contributed by atoms with E-state index in [0.29, 0.717) is 17.9 Å². The van der Waals surface area contributed by atoms with Gasteiger partial charge in [0.2, 0.25) is 0 Å². The van der Waals surface area contributed by atoms with Crippen LogP contribution in [0.25, 0.3) is 0 Å². The van der Waals surface area contributed by atoms with Crippen LogP contribution in [0.15, 0.2) is 16.9 Å². The molecule has 12 heavy (non-hydrogen) atoms. The average molecular weight is 232 g/mol. The van der Waals surface area contributed by atoms with Crippen molar-refractivity contribution in [2.24, 2.45) is 0 Å². The highest BCUT2D eigenvalue weighted by molar-refractivity contribution is 9.10. The van der Waals surface area contributed by atoms with E-state index in [0.717, 1.165) is 4.47 Å². The molecule has 0 spiro atoms. The molecule has 0 saturated carbocycles. The molecule has 1 N–H and O–H groups in total. The summed E-state index contributed by atoms with van der Waals surface area (Å²) in [5.74, 6) is 0.676. The number of hydrogen-bond acceptors (Lipinski definition) is 3. The number of halogens is 1. The van der Waals surface area contributed by atoms with Crippen molar-refractivity contribution in [3.8, 4) is 5.75 Å². The molecule has 66 valence electrons. The first-order valence-electron chi connectivity index (χ1n) is 3.65. The summed E-state index contributed by atoms with van der Waals surface area (Å²) in [5, 5.41) is 8.93. The van der Waals surface area contributed by atoms with Gasteiger partial charge in [-0.1, -0.05) is 0 Å². The Hall–Kier alpha value is -0.610. The molecule has 0 aliphatic rings. The Kier molecular flexibility index (Phi) is 3.49. The summed E-state index contributed by atoms with van der Waals surface area (Å²) in [5.41, 5.74) is 0.700. The van der Waals surface area contributed by atoms with E-state index in [4.69, 9.17) is 9.84 Å². The van der Waals surface area contributed by atoms with Crippen LogP contribution in [0.3, 0.4) is 0 Å². The fourth-order valence-corrected chi connectivity index (χ4v) is 1.37. The lowest BCUT2D eigenvalue weighted by molar-refractivity contribution is 0.265. The highest BCUT2D eigenvalue weighted by atomic mass is 79.9. The van der Waals surface area contributed by atoms with Crippen LogP contribution in [0, 0.1) is 0 Å². The van der Waals surface area contributed by atoms with Gasteiger partial charge in [-0.15, -0.1) is 0 Å². The number of ether oxygens (including phenoxy) is 1. The van der Waals surface area contributed by atoms with E-state index in [2.05, 4.69) is 20.9 Å². The zero-order valence-corrected chi connectivity index (χ0v) is 8.34. The van der Waals surface area contributed by atoms with Crippen molar-refractivity contribution < 1.29 is 9.84 Å². The maximum absolute atomic E-state index is 8.93. The van der Waals surface area contributed by atoms with Crippen molar-refractivity contribution in [3.05, 3.63) is 22.4 Å². The van der Waals surface area contributed by atoms with E-state index in [1.54, 1.807) is 12.4 Å². The van der Waals surface area contributed by atoms with Crippen LogP contribution in [0.1, 0.15) is 12.5 Å². The Balaban J connectivity index is 3.02. The van der Waals surface area contributed by atoms with Crippen LogP contribution in [0.2, 0.25) is 0 Å². The second-order valence-electron chi connectivity index (χ2n) is 2.20. The lowest BCUT2D eigenvalue weighted by Gasteiger charge is -2.08. The smallest absolute Gasteiger partial charge is 0.142 e. The van der Waals surface area contributed by atoms with Gasteiger partial charge in [-0.05, 0) is 22.9 Å². The largest absolute Gasteiger partial charge is 0.492 e. The van der Waals surface area contributed by atoms with E-state index in [1.165, 1.54) is 0 Å². The molecule has 1 aromatic rings. The molecule has 0 aliphatic carbocycles. The van der Waals surface area contributed by atoms with Gasteiger partial charge in [0.25, 0.3) is 0 Å². The molecule has 0 fully saturated rings. The molecular weight excluding hydrogens is 222 g/mol. The van der Waals surface area contributed by atoms with Gasteiger partial charge >= 0.3 is 0 Å². The highest BCUT2D eigenvalue weighted by Gasteiger charge is 2.06. The minimum atomic E-state index is -0.0538. The van der Waals surface area contributed by atoms with E-state index in [9.17, 15) is 0 Å². The molecule has 0 aromatic carbocycles. The second-order valence-corrected chi connectivity index (χ2v) is 3.06. The molecule has 0 radical (unpaired) electrons. The Morgan fingerprint density at radius 1 is 1.58 bits per heavy atom. The summed E-state index contributed by atoms with van der Waals surface area (Å²) >= 11 is 3.29. The zero-order chi connectivity index (χ0) is 8.97. The number of rotatable bonds is 3. The van der Waals surface area contributed by atoms with E-state index < -0.39 is 0 Å². The minimum absolute atomic E-state index is 0.0538. The molecular formula is C8H10BrNO2. The van der Waals surface area contributed by atoms with Gasteiger partial charge in [0.15, 0.2) is 0 Å². The third-order valence-electron chi connectivity index (χ3n) is 1.39. The van der Waals surface area contributed by atoms with Crippen molar-refractivity contribution in [1.29, 1.82) is 0 Å². The van der Waals surface area contributed by atoms with Gasteiger partial charge in [-0.3, -0.25) is 4.98 Å². The molecule has 0 saturated heterocycles. The van der Waals surface area contributed by atoms with Gasteiger partial charge in [-0.25, -0.2) is 0 Å². The van der Waals surface area contributed by atoms with Crippen molar-refractivity contribution in [3.63, 3.8) is 0 Å². The van der Waals surface area contributed by atoms with Crippen molar-refractivity contribution in [1.82, 2.24) is 4.98 Å². The normalized spacial score (nSPS) is 9.92. The Morgan fingerprint density at radius 3 is 2.92 bits per heavy atom. The molecule has 0 aliphatic heterocycles. The predicted octanol–water partition coefficient (Wildman–Crippen LogP) is 1.74. The summed E-state index contributed by atoms with van der Waals surface area (Å²) < 4.78 is 6.09. The van der Waals surface area contributed by atoms with Crippen molar-refractivity contribution in [2.45, 2.75) is 13.5 Å². The molecule has 1 heterocycles. The van der Waals surface area contributed by atoms with Crippen LogP contribution < -0.4 is 4.74 Å². The van der Waals surface area contributed by atoms with Gasteiger partial charge in [0.05, 0.1) is 17.7 Å². The van der Waals surface area contributed by atoms with Gasteiger partial charge in [0, 0.05) is 18.0 Å². The molecule has 1 aromatic heterocycles. The number of aliphatic hydroxyl groups is 1. The summed E-state index contributed by atoms with van der Waals surface area (Å²) in [6.07, 6.45) is 3.24. The van der Waals surface area contributed by atoms with Crippen LogP contribution in [-0.2, 0) is 6.61 Å². The first-order valence-corrected chi connectivity index (χ1v) is 4.45. The SMILES string of the molecule is CCOc1c(Br)cncc1CO. The first-order chi connectivity index (χ1) is 5.79. The topological polar surface area (TPSA) is 42.4 Å². The number of hydrogen-bond donors (Lipinski definition) is 1. The Morgan fingerprint density at radius 2 is 2.33 bits per heavy atom. The van der Waals surface area contributed by atoms with Crippen LogP contribution in [-0.4, -0.2) is 16.7 Å². The molecule has 0 bridgehead atoms. The molecule has 1 rings (SSSR count). The van der Waals surface area contributed by atoms with E-state index >= 15 is 0 Å². The number of aromatic nitrogens is 1. The number of pyridine rings is 1. The number of aliphatic hydroxyl groups excluding tert-OH is 1. The standard InChI is InChI=1S/C8H10BrNO2/c1-2-12-8-6(5-11)3-10-4-7(8)9/h3-4,11H,2,5H2,1H3. The molecule has 0 atom stereocenters. The van der Waals surface area contributed by atoms with Crippen LogP contribution in [0.4, 0.5) is 0 Å². The fourth-order valence-electron chi connectivity index (χ4n) is 0.882. The van der Waals surface area contributed by atoms with Crippen molar-refractivity contribution in [2.75, 3.05) is 6.61 Å². The summed E-state index contributed by atoms with van der Waals surface area (Å²) in [6, 6.07) is 0. The maximum Gasteiger partial charge on any atom is 0.142 e. The summed E-state index contributed by atoms with van der Waals surface area (Å²) in [6.45, 7) is 2.42. The van der Waals surface area contributed by atoms with E-state index in [1.807, 2.05) is 6.92 Å². The third kappa shape index (κ3) is 1.95. The van der Waals surface area contributed by atoms with E-state index in [-0.39, 0.29) is 6.61 Å². The molecule has 0 unspecified atom stereocenters. The molecule has 3 nitrogen and oxygen atoms in total. The lowest BCUT2D eigenvalue weighted by atomic mass is 10.3. The summed E-state index contributed by atoms with van der Waals surface area (Å²) in [4.78, 5) is 3.91. The predicted molar refractivity (Wildman–Crippen MR) is 49.0 cm³/mol. The van der Waals surface area contributed by atoms with Crippen molar-refractivity contribution >= 4 is 15.9 Å². The minimum Gasteiger partial charge on any atom is -0.492 e. The quantitative estimate of drug-likeness (QED) is 0.862. The van der Waals surface area contributed by atoms with Crippen LogP contribution >= 0.6 is 15.9 Å². The second kappa shape index (κ2) is 4.42. The monoisotopic (exact) mass is 231 g/mol. The van der Waals surface area contributed by atoms with Gasteiger partial charge < -0.3 is 9.84 Å². The average Bonchev–Trinajstić information content (AvgIpc) is 2.09. The third-order valence-corrected chi connectivity index (χ3v) is 1.95. The summed E-state index contributed by atoms with van der Waals surface area (Å²) in [7, 11) is 0. The zero-order valence-electron chi connectivity index (χ0n) is 6.75. The Labute approximate surface area is 79.5 Å². The molecule has 4 heteroatoms. The van der Waals surface area contributed by atoms with Gasteiger partial charge in [0.1, 0.15) is 5.75 Å². The fraction of sp³-hybridized carbons (Fsp3) is 0.375. The highest BCUT2D eigenvalue weighted by Crippen LogP contribution is 2.27. The Bertz CT molecular complexity index is 265.